The lowest BCUT2D eigenvalue weighted by molar-refractivity contribution is -0.140. The van der Waals surface area contributed by atoms with Gasteiger partial charge in [-0.05, 0) is 30.7 Å². The molecule has 0 radical (unpaired) electrons. The van der Waals surface area contributed by atoms with Crippen LogP contribution in [0.15, 0.2) is 34.7 Å². The quantitative estimate of drug-likeness (QED) is 0.716. The van der Waals surface area contributed by atoms with Crippen molar-refractivity contribution in [3.05, 3.63) is 47.7 Å². The summed E-state index contributed by atoms with van der Waals surface area (Å²) in [5, 5.41) is 8.79. The molecule has 3 atom stereocenters. The van der Waals surface area contributed by atoms with Gasteiger partial charge in [-0.25, -0.2) is 0 Å². The van der Waals surface area contributed by atoms with Crippen LogP contribution in [0.4, 0.5) is 0 Å². The van der Waals surface area contributed by atoms with Gasteiger partial charge in [-0.1, -0.05) is 63.4 Å². The lowest BCUT2D eigenvalue weighted by Gasteiger charge is -2.38. The van der Waals surface area contributed by atoms with Crippen LogP contribution in [0.5, 0.6) is 0 Å². The monoisotopic (exact) mass is 381 g/mol. The third-order valence-electron chi connectivity index (χ3n) is 6.45. The molecule has 3 unspecified atom stereocenters. The molecular weight excluding hydrogens is 350 g/mol. The third kappa shape index (κ3) is 3.85. The zero-order valence-electron chi connectivity index (χ0n) is 17.0. The highest BCUT2D eigenvalue weighted by atomic mass is 16.4. The van der Waals surface area contributed by atoms with Crippen LogP contribution in [-0.2, 0) is 4.79 Å². The zero-order valence-corrected chi connectivity index (χ0v) is 17.0. The summed E-state index contributed by atoms with van der Waals surface area (Å²) in [7, 11) is 0. The number of carbonyl (C=O) groups is 1. The van der Waals surface area contributed by atoms with Gasteiger partial charge in [0.05, 0.1) is 5.92 Å². The summed E-state index contributed by atoms with van der Waals surface area (Å²) >= 11 is 0. The van der Waals surface area contributed by atoms with Gasteiger partial charge in [0, 0.05) is 24.9 Å². The lowest BCUT2D eigenvalue weighted by atomic mass is 9.75. The van der Waals surface area contributed by atoms with Crippen LogP contribution in [0, 0.1) is 5.92 Å². The van der Waals surface area contributed by atoms with Crippen LogP contribution in [-0.4, -0.2) is 34.1 Å². The molecule has 0 spiro atoms. The predicted octanol–water partition coefficient (Wildman–Crippen LogP) is 4.87. The van der Waals surface area contributed by atoms with E-state index in [4.69, 9.17) is 4.42 Å². The largest absolute Gasteiger partial charge is 0.425 e. The number of carbonyl (C=O) groups excluding carboxylic acids is 1. The number of aromatic nitrogens is 2. The fourth-order valence-corrected chi connectivity index (χ4v) is 4.77. The number of hydrogen-bond donors (Lipinski definition) is 0. The molecule has 5 nitrogen and oxygen atoms in total. The molecule has 0 N–H and O–H groups in total. The van der Waals surface area contributed by atoms with Gasteiger partial charge in [0.1, 0.15) is 0 Å². The Morgan fingerprint density at radius 1 is 1.11 bits per heavy atom. The summed E-state index contributed by atoms with van der Waals surface area (Å²) < 4.78 is 6.15. The Morgan fingerprint density at radius 2 is 1.79 bits per heavy atom. The molecule has 2 heterocycles. The van der Waals surface area contributed by atoms with Crippen LogP contribution in [0.3, 0.4) is 0 Å². The molecular formula is C23H31N3O2. The molecule has 1 aliphatic heterocycles. The first-order valence-electron chi connectivity index (χ1n) is 10.8. The maximum absolute atomic E-state index is 12.4. The smallest absolute Gasteiger partial charge is 0.225 e. The minimum atomic E-state index is 0.109. The normalized spacial score (nSPS) is 24.0. The first-order chi connectivity index (χ1) is 13.7. The minimum Gasteiger partial charge on any atom is -0.425 e. The Bertz CT molecular complexity index is 782. The van der Waals surface area contributed by atoms with Crippen molar-refractivity contribution in [2.24, 2.45) is 5.92 Å². The Labute approximate surface area is 167 Å². The van der Waals surface area contributed by atoms with Crippen molar-refractivity contribution in [3.63, 3.8) is 0 Å². The Balaban J connectivity index is 1.41. The van der Waals surface area contributed by atoms with Gasteiger partial charge in [0.2, 0.25) is 17.7 Å². The van der Waals surface area contributed by atoms with E-state index in [-0.39, 0.29) is 17.7 Å². The number of benzene rings is 1. The summed E-state index contributed by atoms with van der Waals surface area (Å²) in [6.45, 7) is 5.57. The molecule has 2 aromatic rings. The van der Waals surface area contributed by atoms with Crippen LogP contribution in [0.1, 0.15) is 87.5 Å². The van der Waals surface area contributed by atoms with Crippen molar-refractivity contribution in [2.45, 2.75) is 70.1 Å². The Morgan fingerprint density at radius 3 is 2.50 bits per heavy atom. The highest BCUT2D eigenvalue weighted by Crippen LogP contribution is 2.44. The number of hydrogen-bond acceptors (Lipinski definition) is 4. The zero-order chi connectivity index (χ0) is 19.5. The van der Waals surface area contributed by atoms with Crippen molar-refractivity contribution in [1.82, 2.24) is 15.1 Å². The highest BCUT2D eigenvalue weighted by molar-refractivity contribution is 5.79. The molecule has 1 saturated heterocycles. The van der Waals surface area contributed by atoms with Gasteiger partial charge in [0.25, 0.3) is 0 Å². The van der Waals surface area contributed by atoms with Crippen molar-refractivity contribution >= 4 is 5.91 Å². The molecule has 5 heteroatoms. The van der Waals surface area contributed by atoms with E-state index in [1.165, 1.54) is 24.8 Å². The fraction of sp³-hybridized carbons (Fsp3) is 0.609. The molecule has 150 valence electrons. The van der Waals surface area contributed by atoms with Crippen LogP contribution in [0.2, 0.25) is 0 Å². The fourth-order valence-electron chi connectivity index (χ4n) is 4.77. The SMILES string of the molecule is CCCC(C)C(=O)N1CC(c2nnc(C3CCCCC3c3ccccc3)o2)C1. The van der Waals surface area contributed by atoms with Gasteiger partial charge in [-0.15, -0.1) is 10.2 Å². The van der Waals surface area contributed by atoms with E-state index in [2.05, 4.69) is 47.5 Å². The van der Waals surface area contributed by atoms with Crippen molar-refractivity contribution < 1.29 is 9.21 Å². The Hall–Kier alpha value is -2.17. The van der Waals surface area contributed by atoms with Crippen LogP contribution < -0.4 is 0 Å². The summed E-state index contributed by atoms with van der Waals surface area (Å²) in [4.78, 5) is 14.3. The molecule has 1 aromatic heterocycles. The highest BCUT2D eigenvalue weighted by Gasteiger charge is 2.38. The van der Waals surface area contributed by atoms with Crippen molar-refractivity contribution in [2.75, 3.05) is 13.1 Å². The second kappa shape index (κ2) is 8.46. The molecule has 2 fully saturated rings. The number of amides is 1. The summed E-state index contributed by atoms with van der Waals surface area (Å²) in [5.41, 5.74) is 1.37. The first kappa shape index (κ1) is 19.2. The number of rotatable bonds is 6. The molecule has 1 amide bonds. The molecule has 2 aliphatic rings. The molecule has 1 aromatic carbocycles. The second-order valence-electron chi connectivity index (χ2n) is 8.52. The average molecular weight is 382 g/mol. The van der Waals surface area contributed by atoms with Gasteiger partial charge < -0.3 is 9.32 Å². The second-order valence-corrected chi connectivity index (χ2v) is 8.52. The average Bonchev–Trinajstić information content (AvgIpc) is 3.17. The van der Waals surface area contributed by atoms with E-state index in [0.29, 0.717) is 30.8 Å². The third-order valence-corrected chi connectivity index (χ3v) is 6.45. The number of nitrogens with zero attached hydrogens (tertiary/aromatic N) is 3. The molecule has 1 saturated carbocycles. The summed E-state index contributed by atoms with van der Waals surface area (Å²) in [6, 6.07) is 10.7. The summed E-state index contributed by atoms with van der Waals surface area (Å²) in [6.07, 6.45) is 6.74. The molecule has 1 aliphatic carbocycles. The van der Waals surface area contributed by atoms with Crippen LogP contribution in [0.25, 0.3) is 0 Å². The van der Waals surface area contributed by atoms with E-state index >= 15 is 0 Å². The van der Waals surface area contributed by atoms with Gasteiger partial charge >= 0.3 is 0 Å². The standard InChI is InChI=1S/C23H31N3O2/c1-3-9-16(2)23(27)26-14-18(15-26)21-24-25-22(28-21)20-13-8-7-12-19(20)17-10-5-4-6-11-17/h4-6,10-11,16,18-20H,3,7-9,12-15H2,1-2H3. The van der Waals surface area contributed by atoms with E-state index < -0.39 is 0 Å². The minimum absolute atomic E-state index is 0.109. The predicted molar refractivity (Wildman–Crippen MR) is 108 cm³/mol. The molecule has 0 bridgehead atoms. The van der Waals surface area contributed by atoms with E-state index in [1.807, 2.05) is 11.8 Å². The van der Waals surface area contributed by atoms with Crippen molar-refractivity contribution in [1.29, 1.82) is 0 Å². The number of likely N-dealkylation sites (tertiary alicyclic amines) is 1. The first-order valence-corrected chi connectivity index (χ1v) is 10.8. The molecule has 4 rings (SSSR count). The van der Waals surface area contributed by atoms with Crippen molar-refractivity contribution in [3.8, 4) is 0 Å². The van der Waals surface area contributed by atoms with Gasteiger partial charge in [0.15, 0.2) is 0 Å². The topological polar surface area (TPSA) is 59.2 Å². The lowest BCUT2D eigenvalue weighted by Crippen LogP contribution is -2.50. The van der Waals surface area contributed by atoms with E-state index in [1.54, 1.807) is 0 Å². The van der Waals surface area contributed by atoms with Gasteiger partial charge in [-0.3, -0.25) is 4.79 Å². The summed E-state index contributed by atoms with van der Waals surface area (Å²) in [5.74, 6) is 2.81. The van der Waals surface area contributed by atoms with E-state index in [0.717, 1.165) is 25.2 Å². The van der Waals surface area contributed by atoms with Gasteiger partial charge in [-0.2, -0.15) is 0 Å². The van der Waals surface area contributed by atoms with Crippen LogP contribution >= 0.6 is 0 Å². The molecule has 28 heavy (non-hydrogen) atoms. The maximum atomic E-state index is 12.4. The maximum Gasteiger partial charge on any atom is 0.225 e. The Kier molecular flexibility index (Phi) is 5.79. The van der Waals surface area contributed by atoms with E-state index in [9.17, 15) is 4.79 Å².